The van der Waals surface area contributed by atoms with Crippen molar-refractivity contribution >= 4 is 11.8 Å². The van der Waals surface area contributed by atoms with Crippen molar-refractivity contribution in [2.45, 2.75) is 38.2 Å². The Kier molecular flexibility index (Phi) is 5.11. The summed E-state index contributed by atoms with van der Waals surface area (Å²) in [5.74, 6) is 1.17. The third-order valence-corrected chi connectivity index (χ3v) is 5.47. The van der Waals surface area contributed by atoms with Crippen LogP contribution in [-0.2, 0) is 27.2 Å². The van der Waals surface area contributed by atoms with Crippen LogP contribution in [0.25, 0.3) is 0 Å². The van der Waals surface area contributed by atoms with Crippen molar-refractivity contribution in [2.75, 3.05) is 39.4 Å². The maximum atomic E-state index is 12.7. The molecule has 26 heavy (non-hydrogen) atoms. The van der Waals surface area contributed by atoms with E-state index in [0.717, 1.165) is 43.6 Å². The summed E-state index contributed by atoms with van der Waals surface area (Å²) in [6.07, 6.45) is 3.66. The van der Waals surface area contributed by atoms with E-state index >= 15 is 0 Å². The number of hydrogen-bond donors (Lipinski definition) is 0. The molecule has 3 heterocycles. The summed E-state index contributed by atoms with van der Waals surface area (Å²) in [5, 5.41) is 0. The second-order valence-electron chi connectivity index (χ2n) is 7.28. The van der Waals surface area contributed by atoms with E-state index in [1.165, 1.54) is 5.56 Å². The zero-order chi connectivity index (χ0) is 17.9. The van der Waals surface area contributed by atoms with Crippen molar-refractivity contribution < 1.29 is 19.1 Å². The topological polar surface area (TPSA) is 59.1 Å². The highest BCUT2D eigenvalue weighted by atomic mass is 16.5. The van der Waals surface area contributed by atoms with E-state index in [1.807, 2.05) is 21.9 Å². The van der Waals surface area contributed by atoms with Gasteiger partial charge in [0.25, 0.3) is 5.91 Å². The first-order valence-electron chi connectivity index (χ1n) is 9.63. The summed E-state index contributed by atoms with van der Waals surface area (Å²) < 4.78 is 11.0. The van der Waals surface area contributed by atoms with Crippen LogP contribution in [0.2, 0.25) is 0 Å². The lowest BCUT2D eigenvalue weighted by atomic mass is 10.1. The average Bonchev–Trinajstić information content (AvgIpc) is 3.28. The van der Waals surface area contributed by atoms with Crippen LogP contribution >= 0.6 is 0 Å². The molecule has 0 spiro atoms. The molecule has 6 heteroatoms. The number of ether oxygens (including phenoxy) is 2. The summed E-state index contributed by atoms with van der Waals surface area (Å²) in [6.45, 7) is 4.03. The van der Waals surface area contributed by atoms with Gasteiger partial charge in [0.1, 0.15) is 11.9 Å². The molecule has 0 N–H and O–H groups in total. The fraction of sp³-hybridized carbons (Fsp3) is 0.600. The van der Waals surface area contributed by atoms with Crippen LogP contribution in [0.1, 0.15) is 30.4 Å². The fourth-order valence-electron chi connectivity index (χ4n) is 4.00. The number of rotatable bonds is 3. The quantitative estimate of drug-likeness (QED) is 0.820. The first-order chi connectivity index (χ1) is 12.7. The van der Waals surface area contributed by atoms with Crippen LogP contribution in [0.5, 0.6) is 5.75 Å². The monoisotopic (exact) mass is 358 g/mol. The zero-order valence-corrected chi connectivity index (χ0v) is 15.1. The Morgan fingerprint density at radius 2 is 1.88 bits per heavy atom. The minimum absolute atomic E-state index is 0.0930. The van der Waals surface area contributed by atoms with Crippen molar-refractivity contribution in [2.24, 2.45) is 0 Å². The van der Waals surface area contributed by atoms with E-state index in [1.54, 1.807) is 0 Å². The van der Waals surface area contributed by atoms with E-state index in [9.17, 15) is 9.59 Å². The molecule has 2 fully saturated rings. The number of fused-ring (bicyclic) bond motifs is 1. The molecule has 4 rings (SSSR count). The lowest BCUT2D eigenvalue weighted by molar-refractivity contribution is -0.141. The Labute approximate surface area is 154 Å². The molecule has 1 unspecified atom stereocenters. The standard InChI is InChI=1S/C20H26N2O4/c23-19(14-15-4-5-17-16(13-15)6-12-26-17)21-7-2-8-22(10-9-21)20(24)18-3-1-11-25-18/h4-5,13,18H,1-3,6-12,14H2. The fourth-order valence-corrected chi connectivity index (χ4v) is 4.00. The van der Waals surface area contributed by atoms with Gasteiger partial charge in [-0.05, 0) is 36.5 Å². The molecular weight excluding hydrogens is 332 g/mol. The largest absolute Gasteiger partial charge is 0.493 e. The van der Waals surface area contributed by atoms with Gasteiger partial charge < -0.3 is 19.3 Å². The van der Waals surface area contributed by atoms with E-state index in [-0.39, 0.29) is 17.9 Å². The highest BCUT2D eigenvalue weighted by molar-refractivity contribution is 5.82. The average molecular weight is 358 g/mol. The van der Waals surface area contributed by atoms with Gasteiger partial charge in [0.2, 0.25) is 5.91 Å². The van der Waals surface area contributed by atoms with E-state index in [2.05, 4.69) is 6.07 Å². The van der Waals surface area contributed by atoms with Gasteiger partial charge in [-0.25, -0.2) is 0 Å². The van der Waals surface area contributed by atoms with Gasteiger partial charge in [-0.3, -0.25) is 9.59 Å². The van der Waals surface area contributed by atoms with Gasteiger partial charge in [-0.15, -0.1) is 0 Å². The molecule has 3 aliphatic heterocycles. The van der Waals surface area contributed by atoms with Gasteiger partial charge in [0, 0.05) is 39.2 Å². The van der Waals surface area contributed by atoms with Crippen molar-refractivity contribution in [1.82, 2.24) is 9.80 Å². The summed E-state index contributed by atoms with van der Waals surface area (Å²) in [4.78, 5) is 29.0. The second-order valence-corrected chi connectivity index (χ2v) is 7.28. The molecular formula is C20H26N2O4. The zero-order valence-electron chi connectivity index (χ0n) is 15.1. The molecule has 1 aromatic rings. The van der Waals surface area contributed by atoms with E-state index in [0.29, 0.717) is 39.2 Å². The molecule has 0 aromatic heterocycles. The number of amides is 2. The molecule has 1 atom stereocenters. The first kappa shape index (κ1) is 17.3. The van der Waals surface area contributed by atoms with Crippen molar-refractivity contribution in [3.05, 3.63) is 29.3 Å². The van der Waals surface area contributed by atoms with Crippen LogP contribution < -0.4 is 4.74 Å². The van der Waals surface area contributed by atoms with Crippen molar-refractivity contribution in [3.8, 4) is 5.75 Å². The Morgan fingerprint density at radius 3 is 2.73 bits per heavy atom. The van der Waals surface area contributed by atoms with Crippen LogP contribution in [-0.4, -0.2) is 67.1 Å². The molecule has 1 aromatic carbocycles. The second kappa shape index (κ2) is 7.66. The molecule has 0 saturated carbocycles. The minimum Gasteiger partial charge on any atom is -0.493 e. The number of hydrogen-bond acceptors (Lipinski definition) is 4. The third-order valence-electron chi connectivity index (χ3n) is 5.47. The molecule has 6 nitrogen and oxygen atoms in total. The molecule has 3 aliphatic rings. The van der Waals surface area contributed by atoms with Crippen molar-refractivity contribution in [1.29, 1.82) is 0 Å². The molecule has 0 aliphatic carbocycles. The predicted octanol–water partition coefficient (Wildman–Crippen LogP) is 1.40. The lowest BCUT2D eigenvalue weighted by Crippen LogP contribution is -2.42. The Bertz CT molecular complexity index is 684. The molecule has 0 bridgehead atoms. The molecule has 0 radical (unpaired) electrons. The maximum Gasteiger partial charge on any atom is 0.251 e. The SMILES string of the molecule is O=C(Cc1ccc2c(c1)CCO2)N1CCCN(C(=O)C2CCCO2)CC1. The van der Waals surface area contributed by atoms with Crippen LogP contribution in [0.3, 0.4) is 0 Å². The number of carbonyl (C=O) groups excluding carboxylic acids is 2. The summed E-state index contributed by atoms with van der Waals surface area (Å²) in [7, 11) is 0. The van der Waals surface area contributed by atoms with Crippen molar-refractivity contribution in [3.63, 3.8) is 0 Å². The van der Waals surface area contributed by atoms with Gasteiger partial charge in [-0.2, -0.15) is 0 Å². The minimum atomic E-state index is -0.272. The normalized spacial score (nSPS) is 22.7. The van der Waals surface area contributed by atoms with E-state index < -0.39 is 0 Å². The molecule has 140 valence electrons. The van der Waals surface area contributed by atoms with Gasteiger partial charge in [0.15, 0.2) is 0 Å². The summed E-state index contributed by atoms with van der Waals surface area (Å²) in [6, 6.07) is 6.04. The third kappa shape index (κ3) is 3.70. The van der Waals surface area contributed by atoms with Crippen LogP contribution in [0.15, 0.2) is 18.2 Å². The summed E-state index contributed by atoms with van der Waals surface area (Å²) in [5.41, 5.74) is 2.23. The summed E-state index contributed by atoms with van der Waals surface area (Å²) >= 11 is 0. The smallest absolute Gasteiger partial charge is 0.251 e. The highest BCUT2D eigenvalue weighted by Gasteiger charge is 2.30. The Hall–Kier alpha value is -2.08. The molecule has 2 saturated heterocycles. The Morgan fingerprint density at radius 1 is 1.04 bits per heavy atom. The van der Waals surface area contributed by atoms with E-state index in [4.69, 9.17) is 9.47 Å². The van der Waals surface area contributed by atoms with Gasteiger partial charge in [0.05, 0.1) is 13.0 Å². The maximum absolute atomic E-state index is 12.7. The number of nitrogens with zero attached hydrogens (tertiary/aromatic N) is 2. The number of benzene rings is 1. The predicted molar refractivity (Wildman–Crippen MR) is 96.1 cm³/mol. The first-order valence-corrected chi connectivity index (χ1v) is 9.63. The van der Waals surface area contributed by atoms with Gasteiger partial charge >= 0.3 is 0 Å². The Balaban J connectivity index is 1.33. The van der Waals surface area contributed by atoms with Crippen LogP contribution in [0.4, 0.5) is 0 Å². The highest BCUT2D eigenvalue weighted by Crippen LogP contribution is 2.26. The number of carbonyl (C=O) groups is 2. The van der Waals surface area contributed by atoms with Crippen LogP contribution in [0, 0.1) is 0 Å². The molecule has 2 amide bonds. The van der Waals surface area contributed by atoms with Gasteiger partial charge in [-0.1, -0.05) is 12.1 Å². The lowest BCUT2D eigenvalue weighted by Gasteiger charge is -2.24.